The molecule has 1 aliphatic rings. The highest BCUT2D eigenvalue weighted by molar-refractivity contribution is 6.00. The van der Waals surface area contributed by atoms with E-state index in [-0.39, 0.29) is 24.0 Å². The molecule has 0 bridgehead atoms. The number of carbonyl (C=O) groups excluding carboxylic acids is 1. The van der Waals surface area contributed by atoms with E-state index in [4.69, 9.17) is 0 Å². The van der Waals surface area contributed by atoms with Gasteiger partial charge in [0.05, 0.1) is 23.9 Å². The maximum atomic E-state index is 13.7. The summed E-state index contributed by atoms with van der Waals surface area (Å²) in [5.41, 5.74) is 0.738. The predicted molar refractivity (Wildman–Crippen MR) is 63.9 cm³/mol. The third kappa shape index (κ3) is 2.17. The molecule has 1 saturated heterocycles. The third-order valence-corrected chi connectivity index (χ3v) is 3.24. The van der Waals surface area contributed by atoms with E-state index in [2.05, 4.69) is 0 Å². The quantitative estimate of drug-likeness (QED) is 0.817. The van der Waals surface area contributed by atoms with Gasteiger partial charge in [0.15, 0.2) is 5.78 Å². The summed E-state index contributed by atoms with van der Waals surface area (Å²) >= 11 is 0. The first-order valence-electron chi connectivity index (χ1n) is 5.82. The number of rotatable bonds is 3. The van der Waals surface area contributed by atoms with Crippen molar-refractivity contribution in [2.75, 3.05) is 18.1 Å². The largest absolute Gasteiger partial charge is 0.394 e. The number of Topliss-reactive ketones (excluding diaryl/α,β-unsaturated/α-hetero) is 1. The Bertz CT molecular complexity index is 433. The number of aliphatic hydroxyl groups is 1. The summed E-state index contributed by atoms with van der Waals surface area (Å²) < 4.78 is 13.7. The molecule has 1 fully saturated rings. The molecule has 0 spiro atoms. The monoisotopic (exact) mass is 237 g/mol. The van der Waals surface area contributed by atoms with E-state index in [0.717, 1.165) is 19.4 Å². The molecular formula is C13H16FNO2. The van der Waals surface area contributed by atoms with Gasteiger partial charge < -0.3 is 10.0 Å². The molecule has 3 nitrogen and oxygen atoms in total. The van der Waals surface area contributed by atoms with Crippen molar-refractivity contribution in [2.45, 2.75) is 25.8 Å². The van der Waals surface area contributed by atoms with Crippen LogP contribution < -0.4 is 4.90 Å². The Hall–Kier alpha value is -1.42. The van der Waals surface area contributed by atoms with Crippen LogP contribution in [-0.4, -0.2) is 30.1 Å². The zero-order chi connectivity index (χ0) is 12.4. The Kier molecular flexibility index (Phi) is 3.43. The van der Waals surface area contributed by atoms with Gasteiger partial charge in [-0.05, 0) is 31.9 Å². The molecule has 1 aromatic rings. The van der Waals surface area contributed by atoms with Crippen LogP contribution in [-0.2, 0) is 0 Å². The van der Waals surface area contributed by atoms with Crippen molar-refractivity contribution >= 4 is 11.5 Å². The average Bonchev–Trinajstić information content (AvgIpc) is 2.75. The molecule has 17 heavy (non-hydrogen) atoms. The van der Waals surface area contributed by atoms with Crippen LogP contribution >= 0.6 is 0 Å². The van der Waals surface area contributed by atoms with Crippen LogP contribution in [0.25, 0.3) is 0 Å². The fraction of sp³-hybridized carbons (Fsp3) is 0.462. The van der Waals surface area contributed by atoms with Crippen molar-refractivity contribution in [1.82, 2.24) is 0 Å². The zero-order valence-corrected chi connectivity index (χ0v) is 9.82. The lowest BCUT2D eigenvalue weighted by molar-refractivity contribution is 0.101. The van der Waals surface area contributed by atoms with Crippen LogP contribution in [0, 0.1) is 5.82 Å². The number of aliphatic hydroxyl groups excluding tert-OH is 1. The third-order valence-electron chi connectivity index (χ3n) is 3.24. The smallest absolute Gasteiger partial charge is 0.164 e. The van der Waals surface area contributed by atoms with E-state index in [1.165, 1.54) is 13.0 Å². The van der Waals surface area contributed by atoms with E-state index >= 15 is 0 Å². The van der Waals surface area contributed by atoms with Gasteiger partial charge in [-0.1, -0.05) is 6.07 Å². The molecule has 2 rings (SSSR count). The topological polar surface area (TPSA) is 40.5 Å². The second-order valence-electron chi connectivity index (χ2n) is 4.36. The maximum Gasteiger partial charge on any atom is 0.164 e. The molecule has 1 aliphatic heterocycles. The molecule has 1 atom stereocenters. The first-order valence-corrected chi connectivity index (χ1v) is 5.82. The first-order chi connectivity index (χ1) is 8.15. The van der Waals surface area contributed by atoms with Crippen LogP contribution in [0.2, 0.25) is 0 Å². The molecular weight excluding hydrogens is 221 g/mol. The molecule has 1 N–H and O–H groups in total. The number of hydrogen-bond acceptors (Lipinski definition) is 3. The van der Waals surface area contributed by atoms with Crippen molar-refractivity contribution in [3.05, 3.63) is 29.6 Å². The second-order valence-corrected chi connectivity index (χ2v) is 4.36. The van der Waals surface area contributed by atoms with E-state index in [1.54, 1.807) is 12.1 Å². The zero-order valence-electron chi connectivity index (χ0n) is 9.82. The number of anilines is 1. The van der Waals surface area contributed by atoms with Gasteiger partial charge in [0, 0.05) is 6.54 Å². The SMILES string of the molecule is CC(=O)c1c(F)cccc1N1CCCC1CO. The number of hydrogen-bond donors (Lipinski definition) is 1. The Morgan fingerprint density at radius 2 is 2.35 bits per heavy atom. The van der Waals surface area contributed by atoms with E-state index in [9.17, 15) is 14.3 Å². The lowest BCUT2D eigenvalue weighted by atomic mass is 10.1. The van der Waals surface area contributed by atoms with Gasteiger partial charge in [0.25, 0.3) is 0 Å². The van der Waals surface area contributed by atoms with Gasteiger partial charge in [-0.2, -0.15) is 0 Å². The fourth-order valence-corrected chi connectivity index (χ4v) is 2.44. The van der Waals surface area contributed by atoms with Crippen molar-refractivity contribution in [3.63, 3.8) is 0 Å². The highest BCUT2D eigenvalue weighted by Crippen LogP contribution is 2.30. The number of ketones is 1. The molecule has 1 unspecified atom stereocenters. The highest BCUT2D eigenvalue weighted by atomic mass is 19.1. The number of carbonyl (C=O) groups is 1. The summed E-state index contributed by atoms with van der Waals surface area (Å²) in [7, 11) is 0. The summed E-state index contributed by atoms with van der Waals surface area (Å²) in [5, 5.41) is 9.28. The molecule has 92 valence electrons. The van der Waals surface area contributed by atoms with Crippen LogP contribution in [0.4, 0.5) is 10.1 Å². The van der Waals surface area contributed by atoms with Crippen molar-refractivity contribution < 1.29 is 14.3 Å². The van der Waals surface area contributed by atoms with Crippen LogP contribution in [0.1, 0.15) is 30.1 Å². The maximum absolute atomic E-state index is 13.7. The summed E-state index contributed by atoms with van der Waals surface area (Å²) in [5.74, 6) is -0.764. The van der Waals surface area contributed by atoms with Gasteiger partial charge in [-0.25, -0.2) is 4.39 Å². The molecule has 0 aromatic heterocycles. The van der Waals surface area contributed by atoms with Crippen molar-refractivity contribution in [3.8, 4) is 0 Å². The van der Waals surface area contributed by atoms with Gasteiger partial charge in [0.2, 0.25) is 0 Å². The summed E-state index contributed by atoms with van der Waals surface area (Å²) in [6.45, 7) is 2.16. The lowest BCUT2D eigenvalue weighted by Gasteiger charge is -2.27. The molecule has 1 heterocycles. The molecule has 0 aliphatic carbocycles. The highest BCUT2D eigenvalue weighted by Gasteiger charge is 2.27. The summed E-state index contributed by atoms with van der Waals surface area (Å²) in [6, 6.07) is 4.64. The van der Waals surface area contributed by atoms with Crippen LogP contribution in [0.15, 0.2) is 18.2 Å². The minimum Gasteiger partial charge on any atom is -0.394 e. The Labute approximate surface area is 99.9 Å². The summed E-state index contributed by atoms with van der Waals surface area (Å²) in [4.78, 5) is 13.4. The Balaban J connectivity index is 2.44. The first kappa shape index (κ1) is 12.0. The molecule has 0 saturated carbocycles. The van der Waals surface area contributed by atoms with Crippen molar-refractivity contribution in [2.24, 2.45) is 0 Å². The average molecular weight is 237 g/mol. The molecule has 0 amide bonds. The minimum atomic E-state index is -0.487. The van der Waals surface area contributed by atoms with Crippen molar-refractivity contribution in [1.29, 1.82) is 0 Å². The number of halogens is 1. The normalized spacial score (nSPS) is 19.7. The van der Waals surface area contributed by atoms with E-state index < -0.39 is 5.82 Å². The minimum absolute atomic E-state index is 0.00472. The van der Waals surface area contributed by atoms with E-state index in [0.29, 0.717) is 5.69 Å². The van der Waals surface area contributed by atoms with Gasteiger partial charge in [-0.15, -0.1) is 0 Å². The van der Waals surface area contributed by atoms with Gasteiger partial charge in [-0.3, -0.25) is 4.79 Å². The lowest BCUT2D eigenvalue weighted by Crippen LogP contribution is -2.33. The van der Waals surface area contributed by atoms with Crippen LogP contribution in [0.3, 0.4) is 0 Å². The number of benzene rings is 1. The van der Waals surface area contributed by atoms with Crippen LogP contribution in [0.5, 0.6) is 0 Å². The van der Waals surface area contributed by atoms with E-state index in [1.807, 2.05) is 4.90 Å². The van der Waals surface area contributed by atoms with Gasteiger partial charge >= 0.3 is 0 Å². The molecule has 1 aromatic carbocycles. The Morgan fingerprint density at radius 3 is 3.00 bits per heavy atom. The molecule has 0 radical (unpaired) electrons. The molecule has 4 heteroatoms. The predicted octanol–water partition coefficient (Wildman–Crippen LogP) is 1.99. The second kappa shape index (κ2) is 4.84. The standard InChI is InChI=1S/C13H16FNO2/c1-9(17)13-11(14)5-2-6-12(13)15-7-3-4-10(15)8-16/h2,5-6,10,16H,3-4,7-8H2,1H3. The summed E-state index contributed by atoms with van der Waals surface area (Å²) in [6.07, 6.45) is 1.84. The fourth-order valence-electron chi connectivity index (χ4n) is 2.44. The van der Waals surface area contributed by atoms with Gasteiger partial charge in [0.1, 0.15) is 5.82 Å². The Morgan fingerprint density at radius 1 is 1.59 bits per heavy atom. The number of nitrogens with zero attached hydrogens (tertiary/aromatic N) is 1.